The number of fused-ring (bicyclic) bond motifs is 1. The maximum Gasteiger partial charge on any atom is 0.262 e. The van der Waals surface area contributed by atoms with E-state index in [-0.39, 0.29) is 30.3 Å². The number of thiophene rings is 1. The van der Waals surface area contributed by atoms with E-state index in [0.29, 0.717) is 24.2 Å². The molecule has 0 saturated heterocycles. The van der Waals surface area contributed by atoms with Crippen molar-refractivity contribution in [3.63, 3.8) is 0 Å². The first kappa shape index (κ1) is 21.7. The molecule has 2 amide bonds. The molecule has 0 unspecified atom stereocenters. The first-order valence-electron chi connectivity index (χ1n) is 9.90. The molecule has 1 aromatic carbocycles. The molecular formula is C22H26N4O3S. The number of aryl methyl sites for hydroxylation is 3. The average Bonchev–Trinajstić information content (AvgIpc) is 3.01. The van der Waals surface area contributed by atoms with Crippen molar-refractivity contribution >= 4 is 39.1 Å². The van der Waals surface area contributed by atoms with Gasteiger partial charge in [0, 0.05) is 43.5 Å². The van der Waals surface area contributed by atoms with Crippen LogP contribution in [0.5, 0.6) is 0 Å². The Morgan fingerprint density at radius 3 is 2.67 bits per heavy atom. The van der Waals surface area contributed by atoms with E-state index in [9.17, 15) is 14.4 Å². The number of aromatic nitrogens is 2. The maximum atomic E-state index is 12.8. The lowest BCUT2D eigenvalue weighted by Gasteiger charge is -2.21. The van der Waals surface area contributed by atoms with E-state index >= 15 is 0 Å². The number of carbonyl (C=O) groups excluding carboxylic acids is 2. The number of nitrogens with zero attached hydrogens (tertiary/aromatic N) is 3. The number of carbonyl (C=O) groups is 2. The normalized spacial score (nSPS) is 10.9. The molecule has 0 bridgehead atoms. The third kappa shape index (κ3) is 4.59. The van der Waals surface area contributed by atoms with Crippen molar-refractivity contribution in [2.24, 2.45) is 0 Å². The number of hydrogen-bond donors (Lipinski definition) is 1. The smallest absolute Gasteiger partial charge is 0.262 e. The van der Waals surface area contributed by atoms with E-state index in [1.807, 2.05) is 45.0 Å². The number of nitrogens with one attached hydrogen (secondary N) is 1. The minimum Gasteiger partial charge on any atom is -0.339 e. The van der Waals surface area contributed by atoms with Gasteiger partial charge in [-0.1, -0.05) is 18.2 Å². The third-order valence-corrected chi connectivity index (χ3v) is 6.33. The fourth-order valence-corrected chi connectivity index (χ4v) is 4.28. The molecule has 0 spiro atoms. The van der Waals surface area contributed by atoms with Crippen molar-refractivity contribution < 1.29 is 9.59 Å². The molecule has 0 aliphatic heterocycles. The lowest BCUT2D eigenvalue weighted by Crippen LogP contribution is -2.28. The molecule has 30 heavy (non-hydrogen) atoms. The summed E-state index contributed by atoms with van der Waals surface area (Å²) in [5, 5.41) is 3.54. The van der Waals surface area contributed by atoms with Crippen molar-refractivity contribution in [2.45, 2.75) is 47.2 Å². The van der Waals surface area contributed by atoms with Gasteiger partial charge in [-0.2, -0.15) is 0 Å². The third-order valence-electron chi connectivity index (χ3n) is 5.22. The maximum absolute atomic E-state index is 12.8. The van der Waals surface area contributed by atoms with E-state index in [0.717, 1.165) is 20.8 Å². The fourth-order valence-electron chi connectivity index (χ4n) is 3.30. The van der Waals surface area contributed by atoms with Gasteiger partial charge in [0.15, 0.2) is 0 Å². The molecule has 3 aromatic rings. The molecule has 2 aromatic heterocycles. The first-order chi connectivity index (χ1) is 14.3. The summed E-state index contributed by atoms with van der Waals surface area (Å²) in [6, 6.07) is 7.43. The summed E-state index contributed by atoms with van der Waals surface area (Å²) in [4.78, 5) is 44.9. The van der Waals surface area contributed by atoms with E-state index < -0.39 is 0 Å². The quantitative estimate of drug-likeness (QED) is 0.627. The molecule has 0 saturated carbocycles. The molecule has 8 heteroatoms. The molecule has 3 rings (SSSR count). The highest BCUT2D eigenvalue weighted by Crippen LogP contribution is 2.25. The lowest BCUT2D eigenvalue weighted by molar-refractivity contribution is -0.129. The predicted octanol–water partition coefficient (Wildman–Crippen LogP) is 3.47. The monoisotopic (exact) mass is 426 g/mol. The van der Waals surface area contributed by atoms with Crippen molar-refractivity contribution in [1.82, 2.24) is 14.5 Å². The van der Waals surface area contributed by atoms with Gasteiger partial charge in [-0.25, -0.2) is 4.98 Å². The zero-order valence-electron chi connectivity index (χ0n) is 17.7. The topological polar surface area (TPSA) is 84.3 Å². The summed E-state index contributed by atoms with van der Waals surface area (Å²) in [7, 11) is 0. The second-order valence-electron chi connectivity index (χ2n) is 7.20. The molecule has 0 aliphatic rings. The van der Waals surface area contributed by atoms with Crippen LogP contribution in [0.1, 0.15) is 36.3 Å². The van der Waals surface area contributed by atoms with E-state index in [4.69, 9.17) is 0 Å². The fraction of sp³-hybridized carbons (Fsp3) is 0.364. The van der Waals surface area contributed by atoms with Gasteiger partial charge in [-0.15, -0.1) is 11.3 Å². The van der Waals surface area contributed by atoms with Gasteiger partial charge in [0.2, 0.25) is 11.8 Å². The zero-order chi connectivity index (χ0) is 21.8. The van der Waals surface area contributed by atoms with Crippen molar-refractivity contribution in [1.29, 1.82) is 0 Å². The van der Waals surface area contributed by atoms with Gasteiger partial charge < -0.3 is 10.2 Å². The van der Waals surface area contributed by atoms with Crippen LogP contribution < -0.4 is 10.9 Å². The Morgan fingerprint density at radius 2 is 1.97 bits per heavy atom. The number of para-hydroxylation sites is 1. The summed E-state index contributed by atoms with van der Waals surface area (Å²) < 4.78 is 1.49. The number of anilines is 1. The molecule has 7 nitrogen and oxygen atoms in total. The second kappa shape index (κ2) is 9.21. The molecule has 0 aliphatic carbocycles. The van der Waals surface area contributed by atoms with Gasteiger partial charge in [-0.05, 0) is 38.0 Å². The van der Waals surface area contributed by atoms with E-state index in [2.05, 4.69) is 10.3 Å². The molecule has 1 N–H and O–H groups in total. The second-order valence-corrected chi connectivity index (χ2v) is 8.40. The predicted molar refractivity (Wildman–Crippen MR) is 120 cm³/mol. The Bertz CT molecular complexity index is 1150. The number of benzene rings is 1. The van der Waals surface area contributed by atoms with E-state index in [1.165, 1.54) is 29.2 Å². The highest BCUT2D eigenvalue weighted by molar-refractivity contribution is 7.18. The van der Waals surface area contributed by atoms with Crippen LogP contribution in [0.3, 0.4) is 0 Å². The number of rotatable bonds is 7. The van der Waals surface area contributed by atoms with E-state index in [1.54, 1.807) is 4.90 Å². The van der Waals surface area contributed by atoms with Crippen molar-refractivity contribution in [3.05, 3.63) is 57.0 Å². The van der Waals surface area contributed by atoms with Crippen molar-refractivity contribution in [3.8, 4) is 0 Å². The minimum atomic E-state index is -0.196. The first-order valence-corrected chi connectivity index (χ1v) is 10.7. The van der Waals surface area contributed by atoms with Gasteiger partial charge in [0.25, 0.3) is 5.56 Å². The molecule has 158 valence electrons. The highest BCUT2D eigenvalue weighted by Gasteiger charge is 2.14. The zero-order valence-corrected chi connectivity index (χ0v) is 18.5. The van der Waals surface area contributed by atoms with Crippen LogP contribution in [-0.2, 0) is 22.7 Å². The highest BCUT2D eigenvalue weighted by atomic mass is 32.1. The van der Waals surface area contributed by atoms with Crippen LogP contribution in [0.2, 0.25) is 0 Å². The summed E-state index contributed by atoms with van der Waals surface area (Å²) in [5.41, 5.74) is 2.38. The standard InChI is InChI=1S/C22H26N4O3S/c1-5-25(16(4)27)12-17-8-6-7-9-18(17)24-19(28)10-11-26-13-23-21-20(22(26)29)14(2)15(3)30-21/h6-9,13H,5,10-12H2,1-4H3,(H,24,28). The molecular weight excluding hydrogens is 400 g/mol. The van der Waals surface area contributed by atoms with Gasteiger partial charge in [0.1, 0.15) is 4.83 Å². The Balaban J connectivity index is 1.71. The Hall–Kier alpha value is -3.00. The van der Waals surface area contributed by atoms with Crippen LogP contribution in [0.4, 0.5) is 5.69 Å². The average molecular weight is 427 g/mol. The SMILES string of the molecule is CCN(Cc1ccccc1NC(=O)CCn1cnc2sc(C)c(C)c2c1=O)C(C)=O. The van der Waals surface area contributed by atoms with Crippen LogP contribution in [0.25, 0.3) is 10.2 Å². The van der Waals surface area contributed by atoms with Crippen LogP contribution in [-0.4, -0.2) is 32.8 Å². The molecule has 2 heterocycles. The number of amides is 2. The molecule has 0 radical (unpaired) electrons. The van der Waals surface area contributed by atoms with Crippen LogP contribution in [0, 0.1) is 13.8 Å². The van der Waals surface area contributed by atoms with Gasteiger partial charge in [0.05, 0.1) is 11.7 Å². The summed E-state index contributed by atoms with van der Waals surface area (Å²) in [6.07, 6.45) is 1.65. The molecule has 0 fully saturated rings. The van der Waals surface area contributed by atoms with Gasteiger partial charge >= 0.3 is 0 Å². The summed E-state index contributed by atoms with van der Waals surface area (Å²) in [5.74, 6) is -0.210. The largest absolute Gasteiger partial charge is 0.339 e. The van der Waals surface area contributed by atoms with Crippen molar-refractivity contribution in [2.75, 3.05) is 11.9 Å². The summed E-state index contributed by atoms with van der Waals surface area (Å²) in [6.45, 7) is 8.62. The lowest BCUT2D eigenvalue weighted by atomic mass is 10.1. The van der Waals surface area contributed by atoms with Crippen LogP contribution >= 0.6 is 11.3 Å². The minimum absolute atomic E-state index is 0.0140. The number of hydrogen-bond acceptors (Lipinski definition) is 5. The Labute approximate surface area is 179 Å². The Kier molecular flexibility index (Phi) is 6.66. The summed E-state index contributed by atoms with van der Waals surface area (Å²) >= 11 is 1.51. The Morgan fingerprint density at radius 1 is 1.23 bits per heavy atom. The van der Waals surface area contributed by atoms with Crippen LogP contribution in [0.15, 0.2) is 35.4 Å². The molecule has 0 atom stereocenters. The van der Waals surface area contributed by atoms with Gasteiger partial charge in [-0.3, -0.25) is 19.0 Å².